The Hall–Kier alpha value is -4.05. The molecule has 10 nitrogen and oxygen atoms in total. The summed E-state index contributed by atoms with van der Waals surface area (Å²) in [7, 11) is 0. The van der Waals surface area contributed by atoms with Gasteiger partial charge in [0.2, 0.25) is 0 Å². The number of cyclic esters (lactones) is 1. The van der Waals surface area contributed by atoms with Crippen molar-refractivity contribution in [2.24, 2.45) is 0 Å². The molecule has 1 N–H and O–H groups in total. The molecule has 1 aromatic carbocycles. The molecule has 0 bridgehead atoms. The van der Waals surface area contributed by atoms with Gasteiger partial charge in [0.25, 0.3) is 5.56 Å². The molecule has 1 atom stereocenters. The van der Waals surface area contributed by atoms with Crippen LogP contribution in [0.15, 0.2) is 29.1 Å². The molecule has 0 unspecified atom stereocenters. The van der Waals surface area contributed by atoms with Gasteiger partial charge in [-0.3, -0.25) is 14.4 Å². The number of nitrogens with zero attached hydrogens (tertiary/aromatic N) is 2. The number of pyridine rings is 2. The Morgan fingerprint density at radius 1 is 1.13 bits per heavy atom. The minimum Gasteiger partial charge on any atom is -0.460 e. The van der Waals surface area contributed by atoms with Crippen LogP contribution in [0.4, 0.5) is 0 Å². The first-order valence-electron chi connectivity index (χ1n) is 12.9. The van der Waals surface area contributed by atoms with Gasteiger partial charge in [-0.2, -0.15) is 0 Å². The zero-order chi connectivity index (χ0) is 28.3. The maximum atomic E-state index is 13.5. The third-order valence-electron chi connectivity index (χ3n) is 7.07. The molecule has 0 saturated heterocycles. The molecule has 0 amide bonds. The fourth-order valence-electron chi connectivity index (χ4n) is 5.27. The van der Waals surface area contributed by atoms with Crippen molar-refractivity contribution in [2.75, 3.05) is 0 Å². The Morgan fingerprint density at radius 3 is 2.54 bits per heavy atom. The standard InChI is InChI=1S/C29H30N2O8/c1-6-16-17-10-15(38-23(32)12-24(33)39-28(3,4)5)8-9-21(17)30-25-18(16)13-31-22(25)11-20-19(26(31)34)14-37-27(35)29(20,36)7-2/h8-11,36H,6-7,12-14H2,1-5H3/t29-/m0/s1. The van der Waals surface area contributed by atoms with E-state index in [-0.39, 0.29) is 42.0 Å². The number of ether oxygens (including phenoxy) is 3. The zero-order valence-corrected chi connectivity index (χ0v) is 22.5. The van der Waals surface area contributed by atoms with Gasteiger partial charge in [-0.15, -0.1) is 0 Å². The predicted molar refractivity (Wildman–Crippen MR) is 140 cm³/mol. The van der Waals surface area contributed by atoms with E-state index in [1.807, 2.05) is 6.92 Å². The highest BCUT2D eigenvalue weighted by atomic mass is 16.6. The molecule has 2 aliphatic heterocycles. The molecule has 0 fully saturated rings. The van der Waals surface area contributed by atoms with Crippen LogP contribution in [0.1, 0.15) is 69.7 Å². The number of aromatic nitrogens is 2. The van der Waals surface area contributed by atoms with Crippen LogP contribution < -0.4 is 10.3 Å². The lowest BCUT2D eigenvalue weighted by Gasteiger charge is -2.31. The van der Waals surface area contributed by atoms with Crippen molar-refractivity contribution in [3.63, 3.8) is 0 Å². The molecule has 0 saturated carbocycles. The van der Waals surface area contributed by atoms with E-state index in [4.69, 9.17) is 19.2 Å². The first-order valence-corrected chi connectivity index (χ1v) is 12.9. The van der Waals surface area contributed by atoms with Crippen LogP contribution in [-0.2, 0) is 49.0 Å². The normalized spacial score (nSPS) is 17.7. The molecule has 204 valence electrons. The van der Waals surface area contributed by atoms with E-state index in [0.717, 1.165) is 16.5 Å². The van der Waals surface area contributed by atoms with Crippen molar-refractivity contribution >= 4 is 28.8 Å². The van der Waals surface area contributed by atoms with Crippen LogP contribution in [0.25, 0.3) is 22.3 Å². The molecule has 4 heterocycles. The van der Waals surface area contributed by atoms with Gasteiger partial charge in [-0.25, -0.2) is 9.78 Å². The molecule has 10 heteroatoms. The second kappa shape index (κ2) is 9.30. The van der Waals surface area contributed by atoms with E-state index in [0.29, 0.717) is 23.3 Å². The summed E-state index contributed by atoms with van der Waals surface area (Å²) < 4.78 is 17.3. The molecule has 3 aromatic rings. The first-order chi connectivity index (χ1) is 18.4. The lowest BCUT2D eigenvalue weighted by atomic mass is 9.86. The van der Waals surface area contributed by atoms with Crippen LogP contribution in [0.2, 0.25) is 0 Å². The number of aliphatic hydroxyl groups is 1. The van der Waals surface area contributed by atoms with E-state index in [1.54, 1.807) is 56.5 Å². The van der Waals surface area contributed by atoms with Crippen LogP contribution >= 0.6 is 0 Å². The third-order valence-corrected chi connectivity index (χ3v) is 7.07. The summed E-state index contributed by atoms with van der Waals surface area (Å²) in [5, 5.41) is 11.8. The van der Waals surface area contributed by atoms with Crippen molar-refractivity contribution in [3.8, 4) is 17.1 Å². The molecule has 2 aromatic heterocycles. The summed E-state index contributed by atoms with van der Waals surface area (Å²) in [6.45, 7) is 8.87. The Balaban J connectivity index is 1.54. The summed E-state index contributed by atoms with van der Waals surface area (Å²) in [6.07, 6.45) is 0.159. The van der Waals surface area contributed by atoms with Gasteiger partial charge in [0.1, 0.15) is 24.4 Å². The predicted octanol–water partition coefficient (Wildman–Crippen LogP) is 3.28. The second-order valence-corrected chi connectivity index (χ2v) is 10.8. The Morgan fingerprint density at radius 2 is 1.87 bits per heavy atom. The quantitative estimate of drug-likeness (QED) is 0.233. The van der Waals surface area contributed by atoms with Crippen LogP contribution in [0.3, 0.4) is 0 Å². The number of aryl methyl sites for hydroxylation is 1. The van der Waals surface area contributed by atoms with Crippen molar-refractivity contribution in [3.05, 3.63) is 56.9 Å². The van der Waals surface area contributed by atoms with E-state index in [9.17, 15) is 24.3 Å². The average Bonchev–Trinajstić information content (AvgIpc) is 3.22. The summed E-state index contributed by atoms with van der Waals surface area (Å²) in [4.78, 5) is 55.1. The molecule has 0 aliphatic carbocycles. The Bertz CT molecular complexity index is 1610. The fourth-order valence-corrected chi connectivity index (χ4v) is 5.27. The molecule has 39 heavy (non-hydrogen) atoms. The van der Waals surface area contributed by atoms with E-state index < -0.39 is 35.5 Å². The maximum absolute atomic E-state index is 13.5. The minimum atomic E-state index is -1.90. The van der Waals surface area contributed by atoms with Gasteiger partial charge in [-0.05, 0) is 63.4 Å². The topological polar surface area (TPSA) is 134 Å². The smallest absolute Gasteiger partial charge is 0.343 e. The molecule has 2 aliphatic rings. The number of carbonyl (C=O) groups is 3. The molecule has 0 radical (unpaired) electrons. The van der Waals surface area contributed by atoms with E-state index in [2.05, 4.69) is 0 Å². The first kappa shape index (κ1) is 26.6. The summed E-state index contributed by atoms with van der Waals surface area (Å²) in [5.41, 5.74) is 1.12. The number of rotatable bonds is 5. The van der Waals surface area contributed by atoms with Crippen LogP contribution in [0, 0.1) is 0 Å². The van der Waals surface area contributed by atoms with Crippen LogP contribution in [0.5, 0.6) is 5.75 Å². The molecular weight excluding hydrogens is 504 g/mol. The van der Waals surface area contributed by atoms with Gasteiger partial charge in [0, 0.05) is 16.5 Å². The Labute approximate surface area is 224 Å². The Kier molecular flexibility index (Phi) is 6.33. The van der Waals surface area contributed by atoms with Crippen molar-refractivity contribution in [1.29, 1.82) is 0 Å². The van der Waals surface area contributed by atoms with Crippen molar-refractivity contribution in [1.82, 2.24) is 9.55 Å². The van der Waals surface area contributed by atoms with Gasteiger partial charge in [0.05, 0.1) is 29.0 Å². The number of hydrogen-bond donors (Lipinski definition) is 1. The number of carbonyl (C=O) groups excluding carboxylic acids is 3. The lowest BCUT2D eigenvalue weighted by molar-refractivity contribution is -0.172. The number of fused-ring (bicyclic) bond motifs is 5. The monoisotopic (exact) mass is 534 g/mol. The van der Waals surface area contributed by atoms with Gasteiger partial charge in [-0.1, -0.05) is 13.8 Å². The van der Waals surface area contributed by atoms with Crippen LogP contribution in [-0.4, -0.2) is 38.2 Å². The van der Waals surface area contributed by atoms with E-state index in [1.165, 1.54) is 0 Å². The second-order valence-electron chi connectivity index (χ2n) is 10.8. The average molecular weight is 535 g/mol. The van der Waals surface area contributed by atoms with Gasteiger partial charge < -0.3 is 23.9 Å². The lowest BCUT2D eigenvalue weighted by Crippen LogP contribution is -2.44. The van der Waals surface area contributed by atoms with Gasteiger partial charge >= 0.3 is 17.9 Å². The highest BCUT2D eigenvalue weighted by Gasteiger charge is 2.45. The molecule has 5 rings (SSSR count). The van der Waals surface area contributed by atoms with Crippen molar-refractivity contribution in [2.45, 2.75) is 78.2 Å². The summed E-state index contributed by atoms with van der Waals surface area (Å²) in [5.74, 6) is -1.91. The summed E-state index contributed by atoms with van der Waals surface area (Å²) in [6, 6.07) is 6.68. The maximum Gasteiger partial charge on any atom is 0.343 e. The SMILES string of the molecule is CCc1c2c(nc3ccc(OC(=O)CC(=O)OC(C)(C)C)cc13)-c1cc3c(c(=O)n1C2)COC(=O)[C@]3(O)CC. The number of hydrogen-bond acceptors (Lipinski definition) is 9. The number of esters is 3. The highest BCUT2D eigenvalue weighted by molar-refractivity contribution is 5.94. The molecular formula is C29H30N2O8. The fraction of sp³-hybridized carbons (Fsp3) is 0.414. The van der Waals surface area contributed by atoms with E-state index >= 15 is 0 Å². The summed E-state index contributed by atoms with van der Waals surface area (Å²) >= 11 is 0. The van der Waals surface area contributed by atoms with Crippen molar-refractivity contribution < 1.29 is 33.7 Å². The number of benzene rings is 1. The largest absolute Gasteiger partial charge is 0.460 e. The zero-order valence-electron chi connectivity index (χ0n) is 22.5. The molecule has 0 spiro atoms. The highest BCUT2D eigenvalue weighted by Crippen LogP contribution is 2.40. The van der Waals surface area contributed by atoms with Gasteiger partial charge in [0.15, 0.2) is 5.60 Å². The third kappa shape index (κ3) is 4.48. The minimum absolute atomic E-state index is 0.0648.